The highest BCUT2D eigenvalue weighted by Gasteiger charge is 2.15. The van der Waals surface area contributed by atoms with Crippen molar-refractivity contribution in [1.29, 1.82) is 5.41 Å². The fourth-order valence-electron chi connectivity index (χ4n) is 1.46. The maximum atomic E-state index is 7.45. The minimum absolute atomic E-state index is 0.151. The average Bonchev–Trinajstić information content (AvgIpc) is 2.36. The van der Waals surface area contributed by atoms with E-state index in [2.05, 4.69) is 4.99 Å². The summed E-state index contributed by atoms with van der Waals surface area (Å²) in [4.78, 5) is 5.21. The first-order chi connectivity index (χ1) is 8.54. The zero-order valence-corrected chi connectivity index (χ0v) is 10.6. The van der Waals surface area contributed by atoms with Crippen LogP contribution in [0.2, 0.25) is 0 Å². The molecule has 0 amide bonds. The molecule has 0 saturated carbocycles. The normalized spacial score (nSPS) is 12.9. The first kappa shape index (κ1) is 13.8. The molecule has 0 heterocycles. The third-order valence-corrected chi connectivity index (χ3v) is 2.32. The lowest BCUT2D eigenvalue weighted by Gasteiger charge is -2.25. The Kier molecular flexibility index (Phi) is 4.98. The van der Waals surface area contributed by atoms with E-state index in [1.807, 2.05) is 37.3 Å². The van der Waals surface area contributed by atoms with E-state index < -0.39 is 0 Å². The molecule has 0 aliphatic rings. The summed E-state index contributed by atoms with van der Waals surface area (Å²) in [6.45, 7) is 2.25. The molecule has 0 aliphatic carbocycles. The highest BCUT2D eigenvalue weighted by Crippen LogP contribution is 2.11. The van der Waals surface area contributed by atoms with Crippen LogP contribution in [0, 0.1) is 5.41 Å². The number of aliphatic imine (C=N–C) groups is 1. The number of ether oxygens (including phenoxy) is 1. The molecule has 0 bridgehead atoms. The summed E-state index contributed by atoms with van der Waals surface area (Å²) in [5, 5.41) is 7.45. The fourth-order valence-corrected chi connectivity index (χ4v) is 1.46. The van der Waals surface area contributed by atoms with Crippen LogP contribution in [-0.2, 0) is 0 Å². The van der Waals surface area contributed by atoms with E-state index >= 15 is 0 Å². The van der Waals surface area contributed by atoms with Crippen LogP contribution >= 0.6 is 0 Å². The Morgan fingerprint density at radius 1 is 1.39 bits per heavy atom. The number of nitrogens with zero attached hydrogens (tertiary/aromatic N) is 2. The minimum atomic E-state index is -0.170. The van der Waals surface area contributed by atoms with Crippen LogP contribution in [0.15, 0.2) is 35.3 Å². The summed E-state index contributed by atoms with van der Waals surface area (Å²) in [6.07, 6.45) is -0.170. The van der Waals surface area contributed by atoms with Gasteiger partial charge in [0.05, 0.1) is 6.54 Å². The van der Waals surface area contributed by atoms with Crippen molar-refractivity contribution in [3.8, 4) is 5.75 Å². The van der Waals surface area contributed by atoms with Gasteiger partial charge >= 0.3 is 0 Å². The lowest BCUT2D eigenvalue weighted by atomic mass is 10.3. The fraction of sp³-hybridized carbons (Fsp3) is 0.333. The second-order valence-corrected chi connectivity index (χ2v) is 3.82. The standard InChI is InChI=1S/C12H19N5O/c1-9(18-10-6-4-3-5-7-10)8-17(11(13)14)12(15)16-2/h3-7,9H,8H2,1-2H3,(H3,13,14)(H2,15,16). The molecule has 0 aromatic heterocycles. The van der Waals surface area contributed by atoms with Gasteiger partial charge in [-0.2, -0.15) is 0 Å². The van der Waals surface area contributed by atoms with Gasteiger partial charge in [-0.25, -0.2) is 0 Å². The summed E-state index contributed by atoms with van der Waals surface area (Å²) in [7, 11) is 1.55. The van der Waals surface area contributed by atoms with E-state index in [-0.39, 0.29) is 18.0 Å². The number of para-hydroxylation sites is 1. The lowest BCUT2D eigenvalue weighted by Crippen LogP contribution is -2.49. The van der Waals surface area contributed by atoms with Crippen LogP contribution in [0.4, 0.5) is 0 Å². The Hall–Kier alpha value is -2.24. The molecule has 0 fully saturated rings. The first-order valence-electron chi connectivity index (χ1n) is 5.60. The number of rotatable bonds is 4. The molecule has 0 spiro atoms. The Morgan fingerprint density at radius 3 is 2.50 bits per heavy atom. The largest absolute Gasteiger partial charge is 0.489 e. The summed E-state index contributed by atoms with van der Waals surface area (Å²) < 4.78 is 5.69. The number of hydrogen-bond donors (Lipinski definition) is 3. The van der Waals surface area contributed by atoms with Gasteiger partial charge in [0.1, 0.15) is 11.9 Å². The van der Waals surface area contributed by atoms with Gasteiger partial charge in [-0.3, -0.25) is 15.3 Å². The predicted octanol–water partition coefficient (Wildman–Crippen LogP) is 0.594. The first-order valence-corrected chi connectivity index (χ1v) is 5.60. The Bertz CT molecular complexity index is 418. The smallest absolute Gasteiger partial charge is 0.197 e. The zero-order chi connectivity index (χ0) is 13.5. The van der Waals surface area contributed by atoms with E-state index in [0.29, 0.717) is 6.54 Å². The SMILES string of the molecule is CN=C(N)N(CC(C)Oc1ccccc1)C(=N)N. The van der Waals surface area contributed by atoms with E-state index in [4.69, 9.17) is 21.6 Å². The van der Waals surface area contributed by atoms with Gasteiger partial charge in [-0.15, -0.1) is 0 Å². The van der Waals surface area contributed by atoms with Gasteiger partial charge in [0.25, 0.3) is 0 Å². The highest BCUT2D eigenvalue weighted by molar-refractivity contribution is 5.95. The maximum absolute atomic E-state index is 7.45. The Morgan fingerprint density at radius 2 is 2.00 bits per heavy atom. The topological polar surface area (TPSA) is 101 Å². The van der Waals surface area contributed by atoms with Gasteiger partial charge in [-0.05, 0) is 19.1 Å². The molecule has 1 atom stereocenters. The molecule has 18 heavy (non-hydrogen) atoms. The zero-order valence-electron chi connectivity index (χ0n) is 10.6. The summed E-state index contributed by atoms with van der Waals surface area (Å²) in [5.41, 5.74) is 11.1. The molecular weight excluding hydrogens is 230 g/mol. The summed E-state index contributed by atoms with van der Waals surface area (Å²) in [6, 6.07) is 9.44. The maximum Gasteiger partial charge on any atom is 0.197 e. The monoisotopic (exact) mass is 249 g/mol. The summed E-state index contributed by atoms with van der Waals surface area (Å²) >= 11 is 0. The number of benzene rings is 1. The van der Waals surface area contributed by atoms with Crippen molar-refractivity contribution in [2.24, 2.45) is 16.5 Å². The van der Waals surface area contributed by atoms with E-state index in [1.165, 1.54) is 4.90 Å². The Labute approximate surface area is 107 Å². The van der Waals surface area contributed by atoms with Crippen molar-refractivity contribution < 1.29 is 4.74 Å². The van der Waals surface area contributed by atoms with Crippen LogP contribution in [0.3, 0.4) is 0 Å². The number of hydrogen-bond acceptors (Lipinski definition) is 3. The average molecular weight is 249 g/mol. The Balaban J connectivity index is 2.62. The second kappa shape index (κ2) is 6.48. The molecule has 1 unspecified atom stereocenters. The van der Waals surface area contributed by atoms with Crippen molar-refractivity contribution in [3.63, 3.8) is 0 Å². The minimum Gasteiger partial charge on any atom is -0.489 e. The number of nitrogens with one attached hydrogen (secondary N) is 1. The quantitative estimate of drug-likeness (QED) is 0.537. The van der Waals surface area contributed by atoms with Crippen LogP contribution in [0.5, 0.6) is 5.75 Å². The van der Waals surface area contributed by atoms with Crippen LogP contribution in [0.1, 0.15) is 6.92 Å². The van der Waals surface area contributed by atoms with E-state index in [1.54, 1.807) is 7.05 Å². The molecule has 0 radical (unpaired) electrons. The predicted molar refractivity (Wildman–Crippen MR) is 72.7 cm³/mol. The molecule has 1 rings (SSSR count). The summed E-state index contributed by atoms with van der Waals surface area (Å²) in [5.74, 6) is 0.813. The second-order valence-electron chi connectivity index (χ2n) is 3.82. The van der Waals surface area contributed by atoms with Crippen LogP contribution in [-0.4, -0.2) is 36.5 Å². The third-order valence-electron chi connectivity index (χ3n) is 2.32. The van der Waals surface area contributed by atoms with E-state index in [9.17, 15) is 0 Å². The molecule has 5 N–H and O–H groups in total. The van der Waals surface area contributed by atoms with Gasteiger partial charge in [0.15, 0.2) is 11.9 Å². The molecule has 0 aliphatic heterocycles. The van der Waals surface area contributed by atoms with Crippen molar-refractivity contribution in [3.05, 3.63) is 30.3 Å². The molecule has 98 valence electrons. The van der Waals surface area contributed by atoms with Crippen molar-refractivity contribution in [2.75, 3.05) is 13.6 Å². The molecule has 1 aromatic rings. The van der Waals surface area contributed by atoms with Gasteiger partial charge in [0, 0.05) is 7.05 Å². The van der Waals surface area contributed by atoms with Crippen molar-refractivity contribution in [1.82, 2.24) is 4.90 Å². The molecule has 6 nitrogen and oxygen atoms in total. The number of guanidine groups is 2. The lowest BCUT2D eigenvalue weighted by molar-refractivity contribution is 0.202. The van der Waals surface area contributed by atoms with Gasteiger partial charge in [-0.1, -0.05) is 18.2 Å². The highest BCUT2D eigenvalue weighted by atomic mass is 16.5. The third kappa shape index (κ3) is 3.97. The molecular formula is C12H19N5O. The van der Waals surface area contributed by atoms with Crippen molar-refractivity contribution in [2.45, 2.75) is 13.0 Å². The van der Waals surface area contributed by atoms with Gasteiger partial charge in [0.2, 0.25) is 0 Å². The number of nitrogens with two attached hydrogens (primary N) is 2. The van der Waals surface area contributed by atoms with E-state index in [0.717, 1.165) is 5.75 Å². The van der Waals surface area contributed by atoms with Gasteiger partial charge < -0.3 is 16.2 Å². The molecule has 1 aromatic carbocycles. The molecule has 0 saturated heterocycles. The van der Waals surface area contributed by atoms with Crippen molar-refractivity contribution >= 4 is 11.9 Å². The molecule has 6 heteroatoms. The van der Waals surface area contributed by atoms with Crippen LogP contribution in [0.25, 0.3) is 0 Å². The van der Waals surface area contributed by atoms with Crippen LogP contribution < -0.4 is 16.2 Å².